The van der Waals surface area contributed by atoms with Gasteiger partial charge in [0.25, 0.3) is 0 Å². The molecule has 0 heterocycles. The molecule has 3 nitrogen and oxygen atoms in total. The Labute approximate surface area is 119 Å². The molecule has 0 radical (unpaired) electrons. The lowest BCUT2D eigenvalue weighted by atomic mass is 9.70. The van der Waals surface area contributed by atoms with Gasteiger partial charge in [-0.2, -0.15) is 13.2 Å². The Morgan fingerprint density at radius 2 is 1.90 bits per heavy atom. The van der Waals surface area contributed by atoms with Crippen LogP contribution < -0.4 is 5.32 Å². The van der Waals surface area contributed by atoms with E-state index in [-0.39, 0.29) is 18.6 Å². The third-order valence-electron chi connectivity index (χ3n) is 4.26. The molecule has 0 unspecified atom stereocenters. The van der Waals surface area contributed by atoms with Crippen molar-refractivity contribution < 1.29 is 18.3 Å². The van der Waals surface area contributed by atoms with Crippen LogP contribution in [0.5, 0.6) is 0 Å². The van der Waals surface area contributed by atoms with Gasteiger partial charge in [-0.3, -0.25) is 4.90 Å². The van der Waals surface area contributed by atoms with Crippen LogP contribution in [-0.2, 0) is 0 Å². The van der Waals surface area contributed by atoms with Gasteiger partial charge in [0.2, 0.25) is 0 Å². The number of rotatable bonds is 7. The first-order valence-electron chi connectivity index (χ1n) is 7.35. The molecule has 0 aliphatic heterocycles. The van der Waals surface area contributed by atoms with Crippen LogP contribution in [0.1, 0.15) is 32.6 Å². The molecule has 0 spiro atoms. The Morgan fingerprint density at radius 1 is 1.30 bits per heavy atom. The lowest BCUT2D eigenvalue weighted by molar-refractivity contribution is -0.151. The summed E-state index contributed by atoms with van der Waals surface area (Å²) in [6.07, 6.45) is -0.164. The first-order chi connectivity index (χ1) is 9.30. The van der Waals surface area contributed by atoms with E-state index in [1.54, 1.807) is 0 Å². The van der Waals surface area contributed by atoms with Crippen LogP contribution in [0.25, 0.3) is 0 Å². The van der Waals surface area contributed by atoms with Gasteiger partial charge in [0.05, 0.1) is 13.2 Å². The Hall–Kier alpha value is -0.330. The van der Waals surface area contributed by atoms with Crippen molar-refractivity contribution in [1.82, 2.24) is 10.2 Å². The van der Waals surface area contributed by atoms with Gasteiger partial charge in [0, 0.05) is 19.6 Å². The summed E-state index contributed by atoms with van der Waals surface area (Å²) in [6, 6.07) is 0. The van der Waals surface area contributed by atoms with Crippen molar-refractivity contribution >= 4 is 0 Å². The molecule has 20 heavy (non-hydrogen) atoms. The van der Waals surface area contributed by atoms with Crippen LogP contribution in [0.3, 0.4) is 0 Å². The molecule has 1 fully saturated rings. The van der Waals surface area contributed by atoms with Crippen LogP contribution in [0.4, 0.5) is 13.2 Å². The largest absolute Gasteiger partial charge is 0.401 e. The minimum Gasteiger partial charge on any atom is -0.395 e. The fraction of sp³-hybridized carbons (Fsp3) is 1.00. The third-order valence-corrected chi connectivity index (χ3v) is 4.26. The second-order valence-electron chi connectivity index (χ2n) is 6.26. The zero-order valence-electron chi connectivity index (χ0n) is 12.5. The number of alkyl halides is 3. The number of nitrogens with one attached hydrogen (secondary N) is 1. The molecule has 1 aliphatic carbocycles. The van der Waals surface area contributed by atoms with E-state index in [1.807, 2.05) is 7.05 Å². The highest BCUT2D eigenvalue weighted by Crippen LogP contribution is 2.39. The topological polar surface area (TPSA) is 35.5 Å². The maximum Gasteiger partial charge on any atom is 0.401 e. The molecule has 0 aromatic heterocycles. The molecule has 1 saturated carbocycles. The number of nitrogens with zero attached hydrogens (tertiary/aromatic N) is 1. The minimum atomic E-state index is -4.21. The molecule has 6 heteroatoms. The smallest absolute Gasteiger partial charge is 0.395 e. The zero-order valence-corrected chi connectivity index (χ0v) is 12.5. The van der Waals surface area contributed by atoms with Gasteiger partial charge < -0.3 is 10.4 Å². The summed E-state index contributed by atoms with van der Waals surface area (Å²) >= 11 is 0. The summed E-state index contributed by atoms with van der Waals surface area (Å²) in [5.41, 5.74) is -0.0956. The van der Waals surface area contributed by atoms with Crippen molar-refractivity contribution in [2.45, 2.75) is 38.8 Å². The number of aliphatic hydroxyl groups is 1. The predicted octanol–water partition coefficient (Wildman–Crippen LogP) is 2.26. The van der Waals surface area contributed by atoms with E-state index < -0.39 is 12.7 Å². The molecule has 1 aliphatic rings. The highest BCUT2D eigenvalue weighted by molar-refractivity contribution is 4.89. The summed E-state index contributed by atoms with van der Waals surface area (Å²) < 4.78 is 37.9. The summed E-state index contributed by atoms with van der Waals surface area (Å²) in [5, 5.41) is 12.1. The summed E-state index contributed by atoms with van der Waals surface area (Å²) in [6.45, 7) is 2.25. The number of halogens is 3. The van der Waals surface area contributed by atoms with E-state index in [0.717, 1.165) is 32.2 Å². The molecule has 0 aromatic carbocycles. The molecular formula is C14H27F3N2O. The van der Waals surface area contributed by atoms with Gasteiger partial charge in [-0.15, -0.1) is 0 Å². The van der Waals surface area contributed by atoms with E-state index in [9.17, 15) is 13.2 Å². The van der Waals surface area contributed by atoms with Crippen LogP contribution in [0.15, 0.2) is 0 Å². The highest BCUT2D eigenvalue weighted by atomic mass is 19.4. The lowest BCUT2D eigenvalue weighted by Gasteiger charge is -2.43. The second-order valence-corrected chi connectivity index (χ2v) is 6.26. The Balaban J connectivity index is 2.69. The Morgan fingerprint density at radius 3 is 2.35 bits per heavy atom. The molecule has 1 rings (SSSR count). The quantitative estimate of drug-likeness (QED) is 0.756. The fourth-order valence-corrected chi connectivity index (χ4v) is 3.22. The van der Waals surface area contributed by atoms with Gasteiger partial charge in [0.15, 0.2) is 0 Å². The van der Waals surface area contributed by atoms with Crippen LogP contribution in [0.2, 0.25) is 0 Å². The summed E-state index contributed by atoms with van der Waals surface area (Å²) in [4.78, 5) is 1.35. The van der Waals surface area contributed by atoms with E-state index in [2.05, 4.69) is 12.2 Å². The molecule has 0 aromatic rings. The minimum absolute atomic E-state index is 0.0839. The SMILES string of the molecule is CNCC1(CN(CCO)CC(F)(F)F)CCC(C)CC1. The Bertz CT molecular complexity index is 276. The van der Waals surface area contributed by atoms with Crippen molar-refractivity contribution in [3.8, 4) is 0 Å². The number of aliphatic hydroxyl groups excluding tert-OH is 1. The number of hydrogen-bond donors (Lipinski definition) is 2. The summed E-state index contributed by atoms with van der Waals surface area (Å²) in [5.74, 6) is 0.661. The van der Waals surface area contributed by atoms with Crippen LogP contribution in [-0.4, -0.2) is 56.0 Å². The highest BCUT2D eigenvalue weighted by Gasteiger charge is 2.38. The van der Waals surface area contributed by atoms with Crippen LogP contribution in [0, 0.1) is 11.3 Å². The van der Waals surface area contributed by atoms with E-state index in [0.29, 0.717) is 12.5 Å². The average Bonchev–Trinajstić information content (AvgIpc) is 2.32. The predicted molar refractivity (Wildman–Crippen MR) is 73.6 cm³/mol. The molecule has 120 valence electrons. The van der Waals surface area contributed by atoms with E-state index in [4.69, 9.17) is 5.11 Å². The van der Waals surface area contributed by atoms with Gasteiger partial charge >= 0.3 is 6.18 Å². The molecular weight excluding hydrogens is 269 g/mol. The van der Waals surface area contributed by atoms with E-state index >= 15 is 0 Å². The average molecular weight is 296 g/mol. The van der Waals surface area contributed by atoms with Crippen molar-refractivity contribution in [1.29, 1.82) is 0 Å². The van der Waals surface area contributed by atoms with Crippen molar-refractivity contribution in [3.63, 3.8) is 0 Å². The first-order valence-corrected chi connectivity index (χ1v) is 7.35. The monoisotopic (exact) mass is 296 g/mol. The van der Waals surface area contributed by atoms with Crippen molar-refractivity contribution in [2.75, 3.05) is 39.8 Å². The third kappa shape index (κ3) is 5.97. The van der Waals surface area contributed by atoms with Crippen molar-refractivity contribution in [3.05, 3.63) is 0 Å². The van der Waals surface area contributed by atoms with Gasteiger partial charge in [-0.1, -0.05) is 19.8 Å². The lowest BCUT2D eigenvalue weighted by Crippen LogP contribution is -2.48. The summed E-state index contributed by atoms with van der Waals surface area (Å²) in [7, 11) is 1.85. The normalized spacial score (nSPS) is 28.1. The molecule has 2 N–H and O–H groups in total. The molecule has 0 saturated heterocycles. The maximum atomic E-state index is 12.6. The maximum absolute atomic E-state index is 12.6. The molecule has 0 amide bonds. The van der Waals surface area contributed by atoms with Crippen LogP contribution >= 0.6 is 0 Å². The number of hydrogen-bond acceptors (Lipinski definition) is 3. The second kappa shape index (κ2) is 7.61. The van der Waals surface area contributed by atoms with Gasteiger partial charge in [0.1, 0.15) is 0 Å². The first kappa shape index (κ1) is 17.7. The van der Waals surface area contributed by atoms with Crippen molar-refractivity contribution in [2.24, 2.45) is 11.3 Å². The molecule has 0 bridgehead atoms. The van der Waals surface area contributed by atoms with Gasteiger partial charge in [-0.05, 0) is 31.2 Å². The van der Waals surface area contributed by atoms with E-state index in [1.165, 1.54) is 4.90 Å². The fourth-order valence-electron chi connectivity index (χ4n) is 3.22. The zero-order chi connectivity index (χ0) is 15.2. The molecule has 0 atom stereocenters. The van der Waals surface area contributed by atoms with Gasteiger partial charge in [-0.25, -0.2) is 0 Å². The standard InChI is InChI=1S/C14H27F3N2O/c1-12-3-5-13(6-4-12,9-18-2)10-19(7-8-20)11-14(15,16)17/h12,18,20H,3-11H2,1-2H3. The Kier molecular flexibility index (Phi) is 6.75.